The topological polar surface area (TPSA) is 86.3 Å². The van der Waals surface area contributed by atoms with Gasteiger partial charge in [0.25, 0.3) is 11.4 Å². The molecule has 0 spiro atoms. The Morgan fingerprint density at radius 2 is 1.08 bits per heavy atom. The van der Waals surface area contributed by atoms with Crippen LogP contribution >= 0.6 is 0 Å². The molecule has 0 aliphatic heterocycles. The summed E-state index contributed by atoms with van der Waals surface area (Å²) in [6.45, 7) is 0. The Balaban J connectivity index is 0.00000144. The molecular weight excluding hydrogens is 304 g/mol. The van der Waals surface area contributed by atoms with E-state index >= 15 is 0 Å². The minimum absolute atomic E-state index is 0. The van der Waals surface area contributed by atoms with Gasteiger partial charge in [-0.3, -0.25) is 20.2 Å². The summed E-state index contributed by atoms with van der Waals surface area (Å²) >= 11 is 0. The van der Waals surface area contributed by atoms with Gasteiger partial charge >= 0.3 is 0 Å². The summed E-state index contributed by atoms with van der Waals surface area (Å²) in [5.74, 6) is 0. The number of non-ortho nitro benzene ring substituents is 2. The molecule has 66 valence electrons. The molecule has 0 saturated heterocycles. The first kappa shape index (κ1) is 12.4. The van der Waals surface area contributed by atoms with Gasteiger partial charge < -0.3 is 0 Å². The molecule has 1 aromatic rings. The molecule has 0 radical (unpaired) electrons. The summed E-state index contributed by atoms with van der Waals surface area (Å²) in [4.78, 5) is 19.0. The van der Waals surface area contributed by atoms with Crippen LogP contribution < -0.4 is 0 Å². The normalized spacial score (nSPS) is 8.62. The van der Waals surface area contributed by atoms with Crippen LogP contribution in [0.25, 0.3) is 0 Å². The molecule has 0 bridgehead atoms. The van der Waals surface area contributed by atoms with E-state index in [-0.39, 0.29) is 53.1 Å². The maximum absolute atomic E-state index is 10.1. The van der Waals surface area contributed by atoms with Crippen molar-refractivity contribution < 1.29 is 51.6 Å². The standard InChI is InChI=1S/C6H4N2O4.Ce/c9-7(10)5-1-2-6(4-3-5)8(11)12;/h1-4H;. The Labute approximate surface area is 107 Å². The van der Waals surface area contributed by atoms with E-state index in [1.54, 1.807) is 0 Å². The summed E-state index contributed by atoms with van der Waals surface area (Å²) in [5, 5.41) is 20.2. The number of nitro benzene ring substituents is 2. The summed E-state index contributed by atoms with van der Waals surface area (Å²) in [7, 11) is 0. The Morgan fingerprint density at radius 3 is 1.23 bits per heavy atom. The maximum Gasteiger partial charge on any atom is 0.269 e. The molecule has 0 N–H and O–H groups in total. The van der Waals surface area contributed by atoms with E-state index in [0.717, 1.165) is 24.3 Å². The average Bonchev–Trinajstić information content (AvgIpc) is 2.04. The Hall–Kier alpha value is -0.603. The summed E-state index contributed by atoms with van der Waals surface area (Å²) < 4.78 is 0. The van der Waals surface area contributed by atoms with Gasteiger partial charge in [0.15, 0.2) is 0 Å². The first-order valence-electron chi connectivity index (χ1n) is 3.00. The zero-order valence-corrected chi connectivity index (χ0v) is 9.48. The van der Waals surface area contributed by atoms with Gasteiger partial charge in [0.2, 0.25) is 0 Å². The van der Waals surface area contributed by atoms with Crippen LogP contribution in [0.1, 0.15) is 0 Å². The predicted octanol–water partition coefficient (Wildman–Crippen LogP) is 1.50. The van der Waals surface area contributed by atoms with Gasteiger partial charge in [-0.05, 0) is 0 Å². The first-order valence-corrected chi connectivity index (χ1v) is 3.00. The van der Waals surface area contributed by atoms with Gasteiger partial charge in [-0.15, -0.1) is 0 Å². The monoisotopic (exact) mass is 308 g/mol. The third kappa shape index (κ3) is 3.32. The van der Waals surface area contributed by atoms with Crippen molar-refractivity contribution in [2.75, 3.05) is 0 Å². The molecule has 0 aliphatic rings. The maximum atomic E-state index is 10.1. The van der Waals surface area contributed by atoms with E-state index in [1.165, 1.54) is 0 Å². The van der Waals surface area contributed by atoms with Crippen molar-refractivity contribution in [2.24, 2.45) is 0 Å². The average molecular weight is 308 g/mol. The molecule has 1 aromatic carbocycles. The Kier molecular flexibility index (Phi) is 4.96. The molecule has 0 amide bonds. The second-order valence-corrected chi connectivity index (χ2v) is 2.03. The molecule has 0 atom stereocenters. The molecule has 13 heavy (non-hydrogen) atoms. The van der Waals surface area contributed by atoms with Crippen molar-refractivity contribution in [1.29, 1.82) is 0 Å². The van der Waals surface area contributed by atoms with Crippen molar-refractivity contribution in [3.8, 4) is 0 Å². The SMILES string of the molecule is O=[N+]([O-])c1ccc([N+](=O)[O-])cc1.[Ce]. The van der Waals surface area contributed by atoms with Crippen LogP contribution in [0.3, 0.4) is 0 Å². The molecule has 0 aromatic heterocycles. The second-order valence-electron chi connectivity index (χ2n) is 2.03. The zero-order chi connectivity index (χ0) is 9.14. The zero-order valence-electron chi connectivity index (χ0n) is 6.34. The molecule has 7 heteroatoms. The van der Waals surface area contributed by atoms with Gasteiger partial charge in [0.05, 0.1) is 9.85 Å². The van der Waals surface area contributed by atoms with Gasteiger partial charge in [-0.1, -0.05) is 0 Å². The van der Waals surface area contributed by atoms with Crippen molar-refractivity contribution in [1.82, 2.24) is 0 Å². The smallest absolute Gasteiger partial charge is 0.258 e. The fraction of sp³-hybridized carbons (Fsp3) is 0. The number of hydrogen-bond acceptors (Lipinski definition) is 4. The van der Waals surface area contributed by atoms with Crippen LogP contribution in [0.15, 0.2) is 24.3 Å². The van der Waals surface area contributed by atoms with Crippen LogP contribution in [0, 0.1) is 62.0 Å². The molecule has 0 heterocycles. The van der Waals surface area contributed by atoms with E-state index in [9.17, 15) is 20.2 Å². The Bertz CT molecular complexity index is 291. The van der Waals surface area contributed by atoms with E-state index in [4.69, 9.17) is 0 Å². The van der Waals surface area contributed by atoms with Gasteiger partial charge in [-0.2, -0.15) is 0 Å². The van der Waals surface area contributed by atoms with Crippen LogP contribution in [-0.2, 0) is 0 Å². The quantitative estimate of drug-likeness (QED) is 0.612. The minimum Gasteiger partial charge on any atom is -0.258 e. The van der Waals surface area contributed by atoms with Gasteiger partial charge in [0.1, 0.15) is 0 Å². The van der Waals surface area contributed by atoms with Crippen LogP contribution in [-0.4, -0.2) is 9.85 Å². The first-order chi connectivity index (χ1) is 5.61. The third-order valence-corrected chi connectivity index (χ3v) is 1.27. The van der Waals surface area contributed by atoms with Gasteiger partial charge in [0, 0.05) is 66.0 Å². The van der Waals surface area contributed by atoms with Crippen LogP contribution in [0.4, 0.5) is 11.4 Å². The van der Waals surface area contributed by atoms with Crippen LogP contribution in [0.5, 0.6) is 0 Å². The number of nitrogens with zero attached hydrogens (tertiary/aromatic N) is 2. The molecular formula is C6H4CeN2O4. The minimum atomic E-state index is -0.607. The summed E-state index contributed by atoms with van der Waals surface area (Å²) in [6, 6.07) is 4.38. The van der Waals surface area contributed by atoms with E-state index in [1.807, 2.05) is 0 Å². The van der Waals surface area contributed by atoms with Crippen LogP contribution in [0.2, 0.25) is 0 Å². The molecule has 0 aliphatic carbocycles. The third-order valence-electron chi connectivity index (χ3n) is 1.27. The summed E-state index contributed by atoms with van der Waals surface area (Å²) in [5.41, 5.74) is -0.304. The molecule has 0 fully saturated rings. The van der Waals surface area contributed by atoms with Crippen molar-refractivity contribution >= 4 is 11.4 Å². The van der Waals surface area contributed by atoms with Crippen molar-refractivity contribution in [2.45, 2.75) is 0 Å². The van der Waals surface area contributed by atoms with Gasteiger partial charge in [-0.25, -0.2) is 0 Å². The second kappa shape index (κ2) is 5.20. The predicted molar refractivity (Wildman–Crippen MR) is 39.8 cm³/mol. The molecule has 6 nitrogen and oxygen atoms in total. The largest absolute Gasteiger partial charge is 0.269 e. The van der Waals surface area contributed by atoms with E-state index in [0.29, 0.717) is 0 Å². The fourth-order valence-electron chi connectivity index (χ4n) is 0.696. The fourth-order valence-corrected chi connectivity index (χ4v) is 0.696. The van der Waals surface area contributed by atoms with Crippen molar-refractivity contribution in [3.63, 3.8) is 0 Å². The molecule has 1 rings (SSSR count). The number of rotatable bonds is 2. The molecule has 0 unspecified atom stereocenters. The van der Waals surface area contributed by atoms with E-state index in [2.05, 4.69) is 0 Å². The molecule has 0 saturated carbocycles. The Morgan fingerprint density at radius 1 is 0.846 bits per heavy atom. The number of hydrogen-bond donors (Lipinski definition) is 0. The number of nitro groups is 2. The van der Waals surface area contributed by atoms with Crippen molar-refractivity contribution in [3.05, 3.63) is 44.5 Å². The van der Waals surface area contributed by atoms with E-state index < -0.39 is 9.85 Å². The number of benzene rings is 1. The summed E-state index contributed by atoms with van der Waals surface area (Å²) in [6.07, 6.45) is 0.